The summed E-state index contributed by atoms with van der Waals surface area (Å²) in [5, 5.41) is 11.7. The highest BCUT2D eigenvalue weighted by atomic mass is 32.1. The zero-order valence-corrected chi connectivity index (χ0v) is 10.3. The predicted molar refractivity (Wildman–Crippen MR) is 63.8 cm³/mol. The third kappa shape index (κ3) is 2.82. The summed E-state index contributed by atoms with van der Waals surface area (Å²) in [5.41, 5.74) is 0.714. The van der Waals surface area contributed by atoms with Crippen LogP contribution in [-0.2, 0) is 11.2 Å². The van der Waals surface area contributed by atoms with Crippen LogP contribution >= 0.6 is 11.3 Å². The van der Waals surface area contributed by atoms with Crippen LogP contribution < -0.4 is 0 Å². The molecule has 1 N–H and O–H groups in total. The highest BCUT2D eigenvalue weighted by Crippen LogP contribution is 2.37. The fourth-order valence-corrected chi connectivity index (χ4v) is 3.37. The Hall–Kier alpha value is -0.900. The van der Waals surface area contributed by atoms with Crippen molar-refractivity contribution in [2.45, 2.75) is 44.9 Å². The number of carbonyl (C=O) groups is 1. The molecule has 0 aliphatic heterocycles. The van der Waals surface area contributed by atoms with Crippen molar-refractivity contribution < 1.29 is 9.90 Å². The highest BCUT2D eigenvalue weighted by molar-refractivity contribution is 7.09. The van der Waals surface area contributed by atoms with E-state index in [0.29, 0.717) is 11.6 Å². The van der Waals surface area contributed by atoms with E-state index in [1.54, 1.807) is 11.3 Å². The topological polar surface area (TPSA) is 50.2 Å². The van der Waals surface area contributed by atoms with Crippen molar-refractivity contribution in [3.05, 3.63) is 16.1 Å². The third-order valence-electron chi connectivity index (χ3n) is 3.19. The minimum absolute atomic E-state index is 0.0543. The van der Waals surface area contributed by atoms with E-state index < -0.39 is 5.97 Å². The highest BCUT2D eigenvalue weighted by Gasteiger charge is 2.22. The average molecular weight is 239 g/mol. The van der Waals surface area contributed by atoms with Crippen molar-refractivity contribution >= 4 is 17.3 Å². The van der Waals surface area contributed by atoms with Crippen LogP contribution in [0.25, 0.3) is 0 Å². The molecule has 1 fully saturated rings. The molecule has 16 heavy (non-hydrogen) atoms. The minimum atomic E-state index is -0.797. The number of aliphatic carboxylic acids is 1. The van der Waals surface area contributed by atoms with Gasteiger partial charge in [0.1, 0.15) is 0 Å². The van der Waals surface area contributed by atoms with Crippen molar-refractivity contribution in [1.29, 1.82) is 0 Å². The lowest BCUT2D eigenvalue weighted by Gasteiger charge is -2.24. The molecule has 2 unspecified atom stereocenters. The maximum Gasteiger partial charge on any atom is 0.309 e. The Morgan fingerprint density at radius 3 is 3.12 bits per heavy atom. The molecule has 1 aromatic heterocycles. The SMILES string of the molecule is CC1CCCC(c2nc(CC(=O)O)cs2)C1. The van der Waals surface area contributed by atoms with E-state index in [-0.39, 0.29) is 6.42 Å². The quantitative estimate of drug-likeness (QED) is 0.882. The lowest BCUT2D eigenvalue weighted by Crippen LogP contribution is -2.11. The van der Waals surface area contributed by atoms with Crippen molar-refractivity contribution in [3.63, 3.8) is 0 Å². The standard InChI is InChI=1S/C12H17NO2S/c1-8-3-2-4-9(5-8)12-13-10(7-16-12)6-11(14)15/h7-9H,2-6H2,1H3,(H,14,15). The maximum absolute atomic E-state index is 10.6. The summed E-state index contributed by atoms with van der Waals surface area (Å²) < 4.78 is 0. The molecule has 88 valence electrons. The first kappa shape index (κ1) is 11.6. The van der Waals surface area contributed by atoms with Crippen LogP contribution in [0.3, 0.4) is 0 Å². The van der Waals surface area contributed by atoms with E-state index in [0.717, 1.165) is 10.9 Å². The Morgan fingerprint density at radius 2 is 2.44 bits per heavy atom. The number of carboxylic acids is 1. The van der Waals surface area contributed by atoms with Crippen LogP contribution in [0.15, 0.2) is 5.38 Å². The molecule has 2 atom stereocenters. The molecule has 1 aromatic rings. The van der Waals surface area contributed by atoms with Crippen LogP contribution in [0.4, 0.5) is 0 Å². The van der Waals surface area contributed by atoms with Gasteiger partial charge >= 0.3 is 5.97 Å². The van der Waals surface area contributed by atoms with Crippen LogP contribution in [-0.4, -0.2) is 16.1 Å². The van der Waals surface area contributed by atoms with Gasteiger partial charge in [-0.25, -0.2) is 4.98 Å². The Kier molecular flexibility index (Phi) is 3.59. The molecule has 0 aromatic carbocycles. The lowest BCUT2D eigenvalue weighted by molar-refractivity contribution is -0.136. The summed E-state index contributed by atoms with van der Waals surface area (Å²) in [6, 6.07) is 0. The Balaban J connectivity index is 2.03. The van der Waals surface area contributed by atoms with Gasteiger partial charge in [0.25, 0.3) is 0 Å². The summed E-state index contributed by atoms with van der Waals surface area (Å²) in [6.07, 6.45) is 5.08. The van der Waals surface area contributed by atoms with Crippen molar-refractivity contribution in [3.8, 4) is 0 Å². The van der Waals surface area contributed by atoms with Gasteiger partial charge in [0.15, 0.2) is 0 Å². The first-order valence-corrected chi connectivity index (χ1v) is 6.69. The van der Waals surface area contributed by atoms with Gasteiger partial charge in [0.2, 0.25) is 0 Å². The number of carboxylic acid groups (broad SMARTS) is 1. The Bertz CT molecular complexity index is 375. The molecule has 1 aliphatic rings. The normalized spacial score (nSPS) is 25.6. The molecule has 2 rings (SSSR count). The molecule has 0 bridgehead atoms. The molecule has 1 heterocycles. The molecular formula is C12H17NO2S. The molecule has 1 saturated carbocycles. The zero-order chi connectivity index (χ0) is 11.5. The van der Waals surface area contributed by atoms with E-state index in [2.05, 4.69) is 11.9 Å². The molecule has 1 aliphatic carbocycles. The maximum atomic E-state index is 10.6. The molecule has 4 heteroatoms. The van der Waals surface area contributed by atoms with Crippen LogP contribution in [0, 0.1) is 5.92 Å². The van der Waals surface area contributed by atoms with Gasteiger partial charge in [0, 0.05) is 11.3 Å². The van der Waals surface area contributed by atoms with Gasteiger partial charge in [-0.05, 0) is 18.8 Å². The molecular weight excluding hydrogens is 222 g/mol. The average Bonchev–Trinajstić information content (AvgIpc) is 2.65. The molecule has 3 nitrogen and oxygen atoms in total. The first-order chi connectivity index (χ1) is 7.65. The summed E-state index contributed by atoms with van der Waals surface area (Å²) >= 11 is 1.63. The second kappa shape index (κ2) is 4.95. The van der Waals surface area contributed by atoms with Crippen molar-refractivity contribution in [2.24, 2.45) is 5.92 Å². The Labute approximate surface area is 99.5 Å². The summed E-state index contributed by atoms with van der Waals surface area (Å²) in [5.74, 6) is 0.552. The third-order valence-corrected chi connectivity index (χ3v) is 4.24. The number of aromatic nitrogens is 1. The van der Waals surface area contributed by atoms with E-state index in [1.165, 1.54) is 25.7 Å². The van der Waals surface area contributed by atoms with E-state index in [9.17, 15) is 4.79 Å². The van der Waals surface area contributed by atoms with Gasteiger partial charge < -0.3 is 5.11 Å². The number of hydrogen-bond acceptors (Lipinski definition) is 3. The van der Waals surface area contributed by atoms with E-state index >= 15 is 0 Å². The van der Waals surface area contributed by atoms with Crippen LogP contribution in [0.2, 0.25) is 0 Å². The summed E-state index contributed by atoms with van der Waals surface area (Å²) in [6.45, 7) is 2.29. The number of hydrogen-bond donors (Lipinski definition) is 1. The molecule has 0 spiro atoms. The largest absolute Gasteiger partial charge is 0.481 e. The van der Waals surface area contributed by atoms with E-state index in [4.69, 9.17) is 5.11 Å². The minimum Gasteiger partial charge on any atom is -0.481 e. The molecule has 0 radical (unpaired) electrons. The smallest absolute Gasteiger partial charge is 0.309 e. The first-order valence-electron chi connectivity index (χ1n) is 5.81. The zero-order valence-electron chi connectivity index (χ0n) is 9.48. The fraction of sp³-hybridized carbons (Fsp3) is 0.667. The predicted octanol–water partition coefficient (Wildman–Crippen LogP) is 3.06. The van der Waals surface area contributed by atoms with E-state index in [1.807, 2.05) is 5.38 Å². The molecule has 0 saturated heterocycles. The van der Waals surface area contributed by atoms with Crippen molar-refractivity contribution in [2.75, 3.05) is 0 Å². The lowest BCUT2D eigenvalue weighted by atomic mass is 9.83. The second-order valence-electron chi connectivity index (χ2n) is 4.72. The number of rotatable bonds is 3. The second-order valence-corrected chi connectivity index (χ2v) is 5.61. The van der Waals surface area contributed by atoms with Gasteiger partial charge in [-0.1, -0.05) is 19.8 Å². The van der Waals surface area contributed by atoms with Crippen LogP contribution in [0.1, 0.15) is 49.2 Å². The van der Waals surface area contributed by atoms with Gasteiger partial charge in [0.05, 0.1) is 17.1 Å². The van der Waals surface area contributed by atoms with Gasteiger partial charge in [-0.15, -0.1) is 11.3 Å². The molecule has 0 amide bonds. The number of thiazole rings is 1. The van der Waals surface area contributed by atoms with Gasteiger partial charge in [-0.2, -0.15) is 0 Å². The Morgan fingerprint density at radius 1 is 1.62 bits per heavy atom. The number of nitrogens with zero attached hydrogens (tertiary/aromatic N) is 1. The van der Waals surface area contributed by atoms with Crippen LogP contribution in [0.5, 0.6) is 0 Å². The fourth-order valence-electron chi connectivity index (χ4n) is 2.40. The monoisotopic (exact) mass is 239 g/mol. The van der Waals surface area contributed by atoms with Gasteiger partial charge in [-0.3, -0.25) is 4.79 Å². The van der Waals surface area contributed by atoms with Crippen molar-refractivity contribution in [1.82, 2.24) is 4.98 Å². The summed E-state index contributed by atoms with van der Waals surface area (Å²) in [4.78, 5) is 15.0. The summed E-state index contributed by atoms with van der Waals surface area (Å²) in [7, 11) is 0.